The van der Waals surface area contributed by atoms with Crippen LogP contribution >= 0.6 is 11.6 Å². The lowest BCUT2D eigenvalue weighted by atomic mass is 10.0. The van der Waals surface area contributed by atoms with Gasteiger partial charge in [-0.3, -0.25) is 9.59 Å². The number of carbonyl (C=O) groups is 3. The van der Waals surface area contributed by atoms with E-state index in [1.165, 1.54) is 6.26 Å². The van der Waals surface area contributed by atoms with Crippen molar-refractivity contribution in [1.82, 2.24) is 10.6 Å². The number of nitrogens with one attached hydrogen (secondary N) is 2. The van der Waals surface area contributed by atoms with Crippen molar-refractivity contribution in [3.8, 4) is 0 Å². The van der Waals surface area contributed by atoms with Crippen LogP contribution in [0.15, 0.2) is 47.1 Å². The van der Waals surface area contributed by atoms with Crippen molar-refractivity contribution in [1.29, 1.82) is 0 Å². The number of furan rings is 1. The van der Waals surface area contributed by atoms with Crippen molar-refractivity contribution in [3.63, 3.8) is 0 Å². The molecule has 0 aliphatic carbocycles. The summed E-state index contributed by atoms with van der Waals surface area (Å²) in [5.41, 5.74) is 5.78. The Labute approximate surface area is 154 Å². The number of urea groups is 1. The van der Waals surface area contributed by atoms with E-state index in [9.17, 15) is 14.4 Å². The second-order valence-corrected chi connectivity index (χ2v) is 5.77. The van der Waals surface area contributed by atoms with Gasteiger partial charge in [0.15, 0.2) is 6.61 Å². The highest BCUT2D eigenvalue weighted by Crippen LogP contribution is 2.20. The molecule has 0 radical (unpaired) electrons. The smallest absolute Gasteiger partial charge is 0.312 e. The highest BCUT2D eigenvalue weighted by molar-refractivity contribution is 6.30. The number of benzene rings is 1. The summed E-state index contributed by atoms with van der Waals surface area (Å²) < 4.78 is 10.0. The Morgan fingerprint density at radius 2 is 1.92 bits per heavy atom. The molecule has 0 bridgehead atoms. The summed E-state index contributed by atoms with van der Waals surface area (Å²) in [6.07, 6.45) is 1.31. The molecule has 2 aromatic rings. The van der Waals surface area contributed by atoms with Gasteiger partial charge in [-0.2, -0.15) is 0 Å². The summed E-state index contributed by atoms with van der Waals surface area (Å²) in [5, 5.41) is 5.53. The molecular weight excluding hydrogens is 362 g/mol. The molecule has 1 atom stereocenters. The number of halogens is 1. The van der Waals surface area contributed by atoms with E-state index in [-0.39, 0.29) is 13.0 Å². The molecule has 0 saturated heterocycles. The largest absolute Gasteiger partial charge is 0.467 e. The number of hydrogen-bond acceptors (Lipinski definition) is 5. The molecule has 0 aliphatic rings. The second-order valence-electron chi connectivity index (χ2n) is 5.33. The molecule has 138 valence electrons. The van der Waals surface area contributed by atoms with Crippen LogP contribution in [-0.4, -0.2) is 24.5 Å². The van der Waals surface area contributed by atoms with Crippen LogP contribution in [0.2, 0.25) is 5.02 Å². The number of hydrogen-bond donors (Lipinski definition) is 3. The average Bonchev–Trinajstić information content (AvgIpc) is 3.11. The maximum absolute atomic E-state index is 12.0. The third-order valence-corrected chi connectivity index (χ3v) is 3.62. The fourth-order valence-corrected chi connectivity index (χ4v) is 2.27. The molecule has 1 aromatic heterocycles. The highest BCUT2D eigenvalue weighted by Gasteiger charge is 2.19. The van der Waals surface area contributed by atoms with E-state index in [1.54, 1.807) is 36.4 Å². The van der Waals surface area contributed by atoms with Gasteiger partial charge in [-0.05, 0) is 29.8 Å². The lowest BCUT2D eigenvalue weighted by Gasteiger charge is -2.17. The number of amides is 3. The van der Waals surface area contributed by atoms with Gasteiger partial charge in [-0.25, -0.2) is 4.79 Å². The minimum Gasteiger partial charge on any atom is -0.467 e. The Balaban J connectivity index is 1.83. The maximum Gasteiger partial charge on any atom is 0.312 e. The Hall–Kier alpha value is -3.00. The first kappa shape index (κ1) is 19.3. The second kappa shape index (κ2) is 9.47. The van der Waals surface area contributed by atoms with E-state index in [0.717, 1.165) is 0 Å². The standard InChI is InChI=1S/C17H18ClN3O5/c18-12-5-3-11(4-6-12)14(21-17(19)24)8-16(23)26-10-15(22)20-9-13-2-1-7-25-13/h1-7,14H,8-10H2,(H,20,22)(H3,19,21,24)/t14-/m0/s1. The molecule has 4 N–H and O–H groups in total. The van der Waals surface area contributed by atoms with Gasteiger partial charge >= 0.3 is 12.0 Å². The summed E-state index contributed by atoms with van der Waals surface area (Å²) in [4.78, 5) is 34.8. The third-order valence-electron chi connectivity index (χ3n) is 3.36. The van der Waals surface area contributed by atoms with E-state index < -0.39 is 30.6 Å². The first-order valence-corrected chi connectivity index (χ1v) is 8.08. The van der Waals surface area contributed by atoms with Crippen LogP contribution in [0.5, 0.6) is 0 Å². The van der Waals surface area contributed by atoms with Crippen LogP contribution in [0, 0.1) is 0 Å². The van der Waals surface area contributed by atoms with Gasteiger partial charge in [0.2, 0.25) is 0 Å². The van der Waals surface area contributed by atoms with E-state index in [0.29, 0.717) is 16.3 Å². The molecule has 0 fully saturated rings. The molecule has 9 heteroatoms. The molecule has 1 heterocycles. The molecule has 8 nitrogen and oxygen atoms in total. The summed E-state index contributed by atoms with van der Waals surface area (Å²) >= 11 is 5.82. The lowest BCUT2D eigenvalue weighted by Crippen LogP contribution is -2.35. The van der Waals surface area contributed by atoms with Crippen LogP contribution in [0.3, 0.4) is 0 Å². The molecule has 0 unspecified atom stereocenters. The zero-order valence-electron chi connectivity index (χ0n) is 13.7. The predicted octanol–water partition coefficient (Wildman–Crippen LogP) is 1.89. The van der Waals surface area contributed by atoms with Crippen molar-refractivity contribution in [2.45, 2.75) is 19.0 Å². The van der Waals surface area contributed by atoms with Crippen molar-refractivity contribution < 1.29 is 23.5 Å². The van der Waals surface area contributed by atoms with Crippen molar-refractivity contribution in [3.05, 3.63) is 59.0 Å². The minimum absolute atomic E-state index is 0.184. The number of rotatable bonds is 8. The van der Waals surface area contributed by atoms with Gasteiger partial charge in [0.1, 0.15) is 5.76 Å². The zero-order valence-corrected chi connectivity index (χ0v) is 14.5. The molecule has 3 amide bonds. The highest BCUT2D eigenvalue weighted by atomic mass is 35.5. The molecule has 0 aliphatic heterocycles. The van der Waals surface area contributed by atoms with E-state index in [1.807, 2.05) is 0 Å². The van der Waals surface area contributed by atoms with E-state index in [2.05, 4.69) is 10.6 Å². The Morgan fingerprint density at radius 1 is 1.19 bits per heavy atom. The monoisotopic (exact) mass is 379 g/mol. The molecule has 2 rings (SSSR count). The quantitative estimate of drug-likeness (QED) is 0.604. The van der Waals surface area contributed by atoms with Gasteiger partial charge in [0.05, 0.1) is 25.3 Å². The zero-order chi connectivity index (χ0) is 18.9. The molecule has 0 spiro atoms. The van der Waals surface area contributed by atoms with E-state index in [4.69, 9.17) is 26.5 Å². The van der Waals surface area contributed by atoms with Crippen LogP contribution in [0.4, 0.5) is 4.79 Å². The SMILES string of the molecule is NC(=O)N[C@@H](CC(=O)OCC(=O)NCc1ccco1)c1ccc(Cl)cc1. The van der Waals surface area contributed by atoms with Crippen molar-refractivity contribution in [2.75, 3.05) is 6.61 Å². The van der Waals surface area contributed by atoms with Crippen LogP contribution < -0.4 is 16.4 Å². The lowest BCUT2D eigenvalue weighted by molar-refractivity contribution is -0.149. The molecule has 0 saturated carbocycles. The predicted molar refractivity (Wildman–Crippen MR) is 93.0 cm³/mol. The fraction of sp³-hybridized carbons (Fsp3) is 0.235. The van der Waals surface area contributed by atoms with E-state index >= 15 is 0 Å². The summed E-state index contributed by atoms with van der Waals surface area (Å²) in [7, 11) is 0. The topological polar surface area (TPSA) is 124 Å². The summed E-state index contributed by atoms with van der Waals surface area (Å²) in [5.74, 6) is -0.550. The van der Waals surface area contributed by atoms with Gasteiger partial charge < -0.3 is 25.5 Å². The van der Waals surface area contributed by atoms with Crippen LogP contribution in [-0.2, 0) is 20.9 Å². The van der Waals surface area contributed by atoms with Crippen LogP contribution in [0.25, 0.3) is 0 Å². The number of nitrogens with two attached hydrogens (primary N) is 1. The first-order valence-electron chi connectivity index (χ1n) is 7.70. The number of esters is 1. The Morgan fingerprint density at radius 3 is 2.54 bits per heavy atom. The van der Waals surface area contributed by atoms with Crippen molar-refractivity contribution >= 4 is 29.5 Å². The van der Waals surface area contributed by atoms with Gasteiger partial charge in [-0.1, -0.05) is 23.7 Å². The Bertz CT molecular complexity index is 746. The summed E-state index contributed by atoms with van der Waals surface area (Å²) in [6.45, 7) is -0.247. The van der Waals surface area contributed by atoms with Crippen molar-refractivity contribution in [2.24, 2.45) is 5.73 Å². The molecular formula is C17H18ClN3O5. The summed E-state index contributed by atoms with van der Waals surface area (Å²) in [6, 6.07) is 8.50. The number of primary amides is 1. The normalized spacial score (nSPS) is 11.4. The number of ether oxygens (including phenoxy) is 1. The Kier molecular flexibility index (Phi) is 7.04. The van der Waals surface area contributed by atoms with Gasteiger partial charge in [0, 0.05) is 5.02 Å². The maximum atomic E-state index is 12.0. The van der Waals surface area contributed by atoms with Gasteiger partial charge in [0.25, 0.3) is 5.91 Å². The third kappa shape index (κ3) is 6.48. The number of carbonyl (C=O) groups excluding carboxylic acids is 3. The fourth-order valence-electron chi connectivity index (χ4n) is 2.14. The minimum atomic E-state index is -0.783. The first-order chi connectivity index (χ1) is 12.4. The average molecular weight is 380 g/mol. The van der Waals surface area contributed by atoms with Gasteiger partial charge in [-0.15, -0.1) is 0 Å². The molecule has 1 aromatic carbocycles. The van der Waals surface area contributed by atoms with Crippen LogP contribution in [0.1, 0.15) is 23.8 Å². The molecule has 26 heavy (non-hydrogen) atoms.